The number of ether oxygens (including phenoxy) is 1. The van der Waals surface area contributed by atoms with Crippen molar-refractivity contribution in [3.8, 4) is 5.75 Å². The minimum Gasteiger partial charge on any atom is -0.494 e. The molecule has 0 unspecified atom stereocenters. The van der Waals surface area contributed by atoms with E-state index in [0.29, 0.717) is 22.5 Å². The molecule has 0 N–H and O–H groups in total. The van der Waals surface area contributed by atoms with Gasteiger partial charge in [-0.1, -0.05) is 60.2 Å². The van der Waals surface area contributed by atoms with Gasteiger partial charge in [0.15, 0.2) is 0 Å². The van der Waals surface area contributed by atoms with Crippen LogP contribution in [0, 0.1) is 6.92 Å². The molecule has 0 amide bonds. The van der Waals surface area contributed by atoms with Crippen LogP contribution < -0.4 is 20.4 Å². The Morgan fingerprint density at radius 2 is 1.80 bits per heavy atom. The summed E-state index contributed by atoms with van der Waals surface area (Å²) in [5, 5.41) is 4.30. The first-order chi connectivity index (χ1) is 14.5. The lowest BCUT2D eigenvalue weighted by molar-refractivity contribution is 0.317. The second-order valence-electron chi connectivity index (χ2n) is 7.05. The monoisotopic (exact) mass is 419 g/mol. The zero-order valence-corrected chi connectivity index (χ0v) is 17.6. The van der Waals surface area contributed by atoms with Crippen LogP contribution in [0.4, 0.5) is 0 Å². The summed E-state index contributed by atoms with van der Waals surface area (Å²) in [5.41, 5.74) is 2.54. The first-order valence-electron chi connectivity index (χ1n) is 9.76. The summed E-state index contributed by atoms with van der Waals surface area (Å²) in [6, 6.07) is 15.4. The number of hydrogen-bond donors (Lipinski definition) is 0. The van der Waals surface area contributed by atoms with Crippen molar-refractivity contribution in [2.24, 2.45) is 0 Å². The molecule has 0 aliphatic heterocycles. The van der Waals surface area contributed by atoms with Crippen LogP contribution in [0.1, 0.15) is 35.7 Å². The molecule has 0 saturated carbocycles. The molecule has 7 heteroatoms. The van der Waals surface area contributed by atoms with Crippen molar-refractivity contribution in [3.05, 3.63) is 96.2 Å². The Bertz CT molecular complexity index is 1340. The Morgan fingerprint density at radius 1 is 1.07 bits per heavy atom. The maximum Gasteiger partial charge on any atom is 0.296 e. The largest absolute Gasteiger partial charge is 0.494 e. The van der Waals surface area contributed by atoms with Gasteiger partial charge in [-0.15, -0.1) is 0 Å². The molecule has 0 atom stereocenters. The number of rotatable bonds is 6. The third-order valence-corrected chi connectivity index (χ3v) is 5.55. The summed E-state index contributed by atoms with van der Waals surface area (Å²) >= 11 is 1.16. The smallest absolute Gasteiger partial charge is 0.296 e. The molecule has 0 aliphatic rings. The maximum absolute atomic E-state index is 12.8. The highest BCUT2D eigenvalue weighted by atomic mass is 32.1. The van der Waals surface area contributed by atoms with Crippen LogP contribution in [-0.4, -0.2) is 21.2 Å². The van der Waals surface area contributed by atoms with Crippen LogP contribution in [0.2, 0.25) is 0 Å². The van der Waals surface area contributed by atoms with Crippen LogP contribution in [0.25, 0.3) is 11.0 Å². The SMILES string of the molecule is CCCOc1ccc(C=c2sc3nc(=O)c(Cc4ccc(C)cc4)nn3c2=O)cc1. The van der Waals surface area contributed by atoms with Gasteiger partial charge >= 0.3 is 0 Å². The normalized spacial score (nSPS) is 11.9. The zero-order valence-electron chi connectivity index (χ0n) is 16.8. The van der Waals surface area contributed by atoms with Gasteiger partial charge in [0.2, 0.25) is 4.96 Å². The predicted molar refractivity (Wildman–Crippen MR) is 118 cm³/mol. The molecule has 4 aromatic rings. The fourth-order valence-corrected chi connectivity index (χ4v) is 3.89. The predicted octanol–water partition coefficient (Wildman–Crippen LogP) is 2.75. The fraction of sp³-hybridized carbons (Fsp3) is 0.217. The van der Waals surface area contributed by atoms with Gasteiger partial charge in [0.1, 0.15) is 11.4 Å². The average Bonchev–Trinajstić information content (AvgIpc) is 3.04. The number of benzene rings is 2. The zero-order chi connectivity index (χ0) is 21.1. The highest BCUT2D eigenvalue weighted by molar-refractivity contribution is 7.15. The van der Waals surface area contributed by atoms with E-state index in [1.54, 1.807) is 6.08 Å². The molecule has 6 nitrogen and oxygen atoms in total. The second-order valence-corrected chi connectivity index (χ2v) is 8.06. The van der Waals surface area contributed by atoms with Crippen molar-refractivity contribution >= 4 is 22.4 Å². The van der Waals surface area contributed by atoms with E-state index in [0.717, 1.165) is 40.2 Å². The van der Waals surface area contributed by atoms with Crippen molar-refractivity contribution in [1.29, 1.82) is 0 Å². The van der Waals surface area contributed by atoms with Gasteiger partial charge in [-0.25, -0.2) is 0 Å². The Kier molecular flexibility index (Phi) is 5.72. The molecule has 4 rings (SSSR count). The van der Waals surface area contributed by atoms with Crippen molar-refractivity contribution in [2.45, 2.75) is 26.7 Å². The Hall–Kier alpha value is -3.32. The van der Waals surface area contributed by atoms with E-state index in [2.05, 4.69) is 17.0 Å². The van der Waals surface area contributed by atoms with Gasteiger partial charge in [-0.05, 0) is 42.7 Å². The summed E-state index contributed by atoms with van der Waals surface area (Å²) in [7, 11) is 0. The number of aryl methyl sites for hydroxylation is 1. The minimum absolute atomic E-state index is 0.259. The lowest BCUT2D eigenvalue weighted by Crippen LogP contribution is -2.28. The molecule has 0 bridgehead atoms. The molecular formula is C23H21N3O3S. The van der Waals surface area contributed by atoms with Crippen LogP contribution in [0.5, 0.6) is 5.75 Å². The molecule has 2 aromatic carbocycles. The third kappa shape index (κ3) is 4.31. The van der Waals surface area contributed by atoms with Crippen LogP contribution in [0.15, 0.2) is 58.1 Å². The van der Waals surface area contributed by atoms with Gasteiger partial charge in [0, 0.05) is 6.42 Å². The number of aromatic nitrogens is 3. The summed E-state index contributed by atoms with van der Waals surface area (Å²) in [6.07, 6.45) is 3.06. The molecule has 2 heterocycles. The lowest BCUT2D eigenvalue weighted by Gasteiger charge is -2.03. The molecule has 0 spiro atoms. The first kappa shape index (κ1) is 20.0. The number of nitrogens with zero attached hydrogens (tertiary/aromatic N) is 3. The van der Waals surface area contributed by atoms with E-state index >= 15 is 0 Å². The Balaban J connectivity index is 1.68. The van der Waals surface area contributed by atoms with Gasteiger partial charge < -0.3 is 4.74 Å². The van der Waals surface area contributed by atoms with E-state index in [4.69, 9.17) is 4.74 Å². The number of thiazole rings is 1. The van der Waals surface area contributed by atoms with E-state index < -0.39 is 5.56 Å². The molecule has 0 fully saturated rings. The fourth-order valence-electron chi connectivity index (χ4n) is 2.98. The van der Waals surface area contributed by atoms with E-state index in [1.165, 1.54) is 4.52 Å². The molecule has 30 heavy (non-hydrogen) atoms. The Labute approximate surface area is 177 Å². The number of fused-ring (bicyclic) bond motifs is 1. The van der Waals surface area contributed by atoms with Gasteiger partial charge in [0.05, 0.1) is 11.1 Å². The van der Waals surface area contributed by atoms with E-state index in [-0.39, 0.29) is 11.3 Å². The molecule has 0 saturated heterocycles. The van der Waals surface area contributed by atoms with Crippen molar-refractivity contribution in [1.82, 2.24) is 14.6 Å². The summed E-state index contributed by atoms with van der Waals surface area (Å²) in [5.74, 6) is 0.794. The van der Waals surface area contributed by atoms with E-state index in [1.807, 2.05) is 55.5 Å². The molecule has 0 radical (unpaired) electrons. The maximum atomic E-state index is 12.8. The summed E-state index contributed by atoms with van der Waals surface area (Å²) < 4.78 is 7.28. The van der Waals surface area contributed by atoms with Crippen LogP contribution in [-0.2, 0) is 6.42 Å². The molecule has 152 valence electrons. The minimum atomic E-state index is -0.402. The van der Waals surface area contributed by atoms with Crippen LogP contribution >= 0.6 is 11.3 Å². The topological polar surface area (TPSA) is 73.6 Å². The first-order valence-corrected chi connectivity index (χ1v) is 10.6. The average molecular weight is 420 g/mol. The van der Waals surface area contributed by atoms with Gasteiger partial charge in [0.25, 0.3) is 11.1 Å². The highest BCUT2D eigenvalue weighted by Gasteiger charge is 2.11. The van der Waals surface area contributed by atoms with Crippen molar-refractivity contribution < 1.29 is 4.74 Å². The van der Waals surface area contributed by atoms with Crippen LogP contribution in [0.3, 0.4) is 0 Å². The molecule has 2 aromatic heterocycles. The number of hydrogen-bond acceptors (Lipinski definition) is 6. The van der Waals surface area contributed by atoms with Crippen molar-refractivity contribution in [3.63, 3.8) is 0 Å². The third-order valence-electron chi connectivity index (χ3n) is 4.59. The second kappa shape index (κ2) is 8.59. The van der Waals surface area contributed by atoms with Crippen molar-refractivity contribution in [2.75, 3.05) is 6.61 Å². The Morgan fingerprint density at radius 3 is 2.50 bits per heavy atom. The van der Waals surface area contributed by atoms with Gasteiger partial charge in [-0.3, -0.25) is 9.59 Å². The summed E-state index contributed by atoms with van der Waals surface area (Å²) in [4.78, 5) is 29.6. The summed E-state index contributed by atoms with van der Waals surface area (Å²) in [6.45, 7) is 4.72. The standard InChI is InChI=1S/C23H21N3O3S/c1-3-12-29-18-10-8-17(9-11-18)14-20-22(28)26-23(30-20)24-21(27)19(25-26)13-16-6-4-15(2)5-7-16/h4-11,14H,3,12-13H2,1-2H3. The highest BCUT2D eigenvalue weighted by Crippen LogP contribution is 2.13. The molecule has 0 aliphatic carbocycles. The lowest BCUT2D eigenvalue weighted by atomic mass is 10.1. The molecular weight excluding hydrogens is 398 g/mol. The quantitative estimate of drug-likeness (QED) is 0.481. The van der Waals surface area contributed by atoms with E-state index in [9.17, 15) is 9.59 Å². The van der Waals surface area contributed by atoms with Gasteiger partial charge in [-0.2, -0.15) is 14.6 Å².